The lowest BCUT2D eigenvalue weighted by atomic mass is 10.1. The Morgan fingerprint density at radius 2 is 1.81 bits per heavy atom. The lowest BCUT2D eigenvalue weighted by Crippen LogP contribution is -2.29. The van der Waals surface area contributed by atoms with Gasteiger partial charge in [0, 0.05) is 24.7 Å². The minimum Gasteiger partial charge on any atom is -0.349 e. The maximum atomic E-state index is 13.3. The molecule has 0 saturated carbocycles. The molecule has 1 amide bonds. The van der Waals surface area contributed by atoms with Crippen LogP contribution in [0.4, 0.5) is 26.3 Å². The summed E-state index contributed by atoms with van der Waals surface area (Å²) in [5.41, 5.74) is 1.25. The third kappa shape index (κ3) is 3.52. The van der Waals surface area contributed by atoms with Gasteiger partial charge in [0.1, 0.15) is 22.7 Å². The van der Waals surface area contributed by atoms with E-state index in [1.54, 1.807) is 0 Å². The van der Waals surface area contributed by atoms with E-state index in [1.165, 1.54) is 0 Å². The molecule has 0 unspecified atom stereocenters. The number of rotatable bonds is 3. The number of amides is 1. The second kappa shape index (κ2) is 6.37. The highest BCUT2D eigenvalue weighted by Gasteiger charge is 2.39. The standard InChI is InChI=1S/C15H11F6N5O/c16-14(17,18)8-5-10(15(19,20)21)25-12-7(8)1-2-11-24-9(6-26(11)12)13(27)23-4-3-22/h1-2,5-6H,3-4,22H2,(H,23,27). The zero-order valence-corrected chi connectivity index (χ0v) is 13.3. The second-order valence-corrected chi connectivity index (χ2v) is 5.52. The number of fused-ring (bicyclic) bond motifs is 3. The van der Waals surface area contributed by atoms with Crippen LogP contribution in [0.3, 0.4) is 0 Å². The van der Waals surface area contributed by atoms with Crippen LogP contribution in [0, 0.1) is 0 Å². The fourth-order valence-electron chi connectivity index (χ4n) is 2.49. The second-order valence-electron chi connectivity index (χ2n) is 5.52. The molecule has 0 radical (unpaired) electrons. The van der Waals surface area contributed by atoms with Gasteiger partial charge in [-0.25, -0.2) is 9.97 Å². The fourth-order valence-corrected chi connectivity index (χ4v) is 2.49. The van der Waals surface area contributed by atoms with Crippen LogP contribution in [-0.4, -0.2) is 33.4 Å². The molecule has 0 aromatic carbocycles. The van der Waals surface area contributed by atoms with Crippen LogP contribution in [-0.2, 0) is 12.4 Å². The van der Waals surface area contributed by atoms with Crippen molar-refractivity contribution in [3.05, 3.63) is 41.3 Å². The van der Waals surface area contributed by atoms with Crippen LogP contribution >= 0.6 is 0 Å². The fraction of sp³-hybridized carbons (Fsp3) is 0.267. The quantitative estimate of drug-likeness (QED) is 0.673. The summed E-state index contributed by atoms with van der Waals surface area (Å²) in [6.07, 6.45) is -9.09. The Bertz CT molecular complexity index is 1020. The minimum atomic E-state index is -5.09. The SMILES string of the molecule is NCCNC(=O)c1cn2c(ccc3c(C(F)(F)F)cc(C(F)(F)F)nc32)n1. The molecule has 0 aliphatic carbocycles. The molecule has 0 saturated heterocycles. The number of hydrogen-bond acceptors (Lipinski definition) is 4. The third-order valence-electron chi connectivity index (χ3n) is 3.66. The van der Waals surface area contributed by atoms with Crippen molar-refractivity contribution in [3.8, 4) is 0 Å². The van der Waals surface area contributed by atoms with Crippen molar-refractivity contribution in [2.45, 2.75) is 12.4 Å². The van der Waals surface area contributed by atoms with Crippen LogP contribution in [0.2, 0.25) is 0 Å². The molecule has 3 rings (SSSR count). The molecule has 144 valence electrons. The normalized spacial score (nSPS) is 12.7. The van der Waals surface area contributed by atoms with Gasteiger partial charge in [0.15, 0.2) is 0 Å². The topological polar surface area (TPSA) is 85.3 Å². The van der Waals surface area contributed by atoms with Crippen molar-refractivity contribution in [2.24, 2.45) is 5.73 Å². The number of aromatic nitrogens is 3. The molecular weight excluding hydrogens is 380 g/mol. The molecule has 3 aromatic heterocycles. The minimum absolute atomic E-state index is 0.0275. The van der Waals surface area contributed by atoms with Crippen LogP contribution in [0.25, 0.3) is 16.7 Å². The average Bonchev–Trinajstić information content (AvgIpc) is 3.01. The molecule has 6 nitrogen and oxygen atoms in total. The summed E-state index contributed by atoms with van der Waals surface area (Å²) < 4.78 is 79.8. The highest BCUT2D eigenvalue weighted by atomic mass is 19.4. The van der Waals surface area contributed by atoms with E-state index in [0.29, 0.717) is 0 Å². The molecule has 12 heteroatoms. The van der Waals surface area contributed by atoms with E-state index >= 15 is 0 Å². The summed E-state index contributed by atoms with van der Waals surface area (Å²) in [7, 11) is 0. The number of halogens is 6. The molecule has 3 aromatic rings. The molecule has 0 atom stereocenters. The number of hydrogen-bond donors (Lipinski definition) is 2. The zero-order chi connectivity index (χ0) is 20.0. The Kier molecular flexibility index (Phi) is 4.46. The lowest BCUT2D eigenvalue weighted by Gasteiger charge is -2.14. The van der Waals surface area contributed by atoms with E-state index in [9.17, 15) is 31.1 Å². The van der Waals surface area contributed by atoms with E-state index in [0.717, 1.165) is 22.7 Å². The summed E-state index contributed by atoms with van der Waals surface area (Å²) >= 11 is 0. The molecular formula is C15H11F6N5O. The van der Waals surface area contributed by atoms with Gasteiger partial charge < -0.3 is 11.1 Å². The van der Waals surface area contributed by atoms with E-state index < -0.39 is 40.6 Å². The van der Waals surface area contributed by atoms with Crippen LogP contribution in [0.1, 0.15) is 21.7 Å². The number of carbonyl (C=O) groups excluding carboxylic acids is 1. The van der Waals surface area contributed by atoms with Crippen LogP contribution in [0.5, 0.6) is 0 Å². The van der Waals surface area contributed by atoms with Crippen molar-refractivity contribution in [3.63, 3.8) is 0 Å². The van der Waals surface area contributed by atoms with Crippen molar-refractivity contribution in [1.29, 1.82) is 0 Å². The largest absolute Gasteiger partial charge is 0.433 e. The lowest BCUT2D eigenvalue weighted by molar-refractivity contribution is -0.144. The van der Waals surface area contributed by atoms with Gasteiger partial charge in [0.25, 0.3) is 5.91 Å². The molecule has 0 spiro atoms. The first kappa shape index (κ1) is 18.9. The molecule has 0 aliphatic rings. The van der Waals surface area contributed by atoms with Gasteiger partial charge in [0.2, 0.25) is 0 Å². The average molecular weight is 391 g/mol. The van der Waals surface area contributed by atoms with E-state index in [1.807, 2.05) is 0 Å². The van der Waals surface area contributed by atoms with E-state index in [-0.39, 0.29) is 30.5 Å². The van der Waals surface area contributed by atoms with Crippen molar-refractivity contribution in [1.82, 2.24) is 19.7 Å². The predicted octanol–water partition coefficient (Wildman–Crippen LogP) is 2.61. The van der Waals surface area contributed by atoms with Gasteiger partial charge in [0.05, 0.1) is 5.56 Å². The predicted molar refractivity (Wildman–Crippen MR) is 81.9 cm³/mol. The van der Waals surface area contributed by atoms with Crippen molar-refractivity contribution >= 4 is 22.6 Å². The summed E-state index contributed by atoms with van der Waals surface area (Å²) in [5, 5.41) is 1.86. The Morgan fingerprint density at radius 1 is 1.11 bits per heavy atom. The number of pyridine rings is 2. The number of alkyl halides is 6. The Morgan fingerprint density at radius 3 is 2.41 bits per heavy atom. The smallest absolute Gasteiger partial charge is 0.349 e. The summed E-state index contributed by atoms with van der Waals surface area (Å²) in [4.78, 5) is 19.2. The molecule has 0 fully saturated rings. The monoisotopic (exact) mass is 391 g/mol. The molecule has 3 N–H and O–H groups in total. The molecule has 3 heterocycles. The first-order chi connectivity index (χ1) is 12.5. The van der Waals surface area contributed by atoms with Gasteiger partial charge in [-0.3, -0.25) is 9.20 Å². The molecule has 27 heavy (non-hydrogen) atoms. The van der Waals surface area contributed by atoms with Gasteiger partial charge >= 0.3 is 12.4 Å². The number of imidazole rings is 1. The van der Waals surface area contributed by atoms with E-state index in [2.05, 4.69) is 15.3 Å². The Balaban J connectivity index is 2.29. The van der Waals surface area contributed by atoms with Gasteiger partial charge in [-0.1, -0.05) is 0 Å². The maximum absolute atomic E-state index is 13.3. The van der Waals surface area contributed by atoms with E-state index in [4.69, 9.17) is 5.73 Å². The van der Waals surface area contributed by atoms with Gasteiger partial charge in [-0.05, 0) is 18.2 Å². The van der Waals surface area contributed by atoms with Crippen LogP contribution in [0.15, 0.2) is 24.4 Å². The number of carbonyl (C=O) groups is 1. The number of nitrogens with one attached hydrogen (secondary N) is 1. The number of nitrogens with two attached hydrogens (primary N) is 1. The summed E-state index contributed by atoms with van der Waals surface area (Å²) in [6, 6.07) is 2.08. The van der Waals surface area contributed by atoms with Gasteiger partial charge in [-0.2, -0.15) is 26.3 Å². The highest BCUT2D eigenvalue weighted by Crippen LogP contribution is 2.38. The Hall–Kier alpha value is -2.89. The number of nitrogens with zero attached hydrogens (tertiary/aromatic N) is 3. The van der Waals surface area contributed by atoms with Crippen molar-refractivity contribution < 1.29 is 31.1 Å². The first-order valence-corrected chi connectivity index (χ1v) is 7.48. The summed E-state index contributed by atoms with van der Waals surface area (Å²) in [5.74, 6) is -0.666. The Labute approximate surface area is 147 Å². The highest BCUT2D eigenvalue weighted by molar-refractivity contribution is 5.93. The van der Waals surface area contributed by atoms with Crippen molar-refractivity contribution in [2.75, 3.05) is 13.1 Å². The third-order valence-corrected chi connectivity index (χ3v) is 3.66. The molecule has 0 aliphatic heterocycles. The van der Waals surface area contributed by atoms with Crippen LogP contribution < -0.4 is 11.1 Å². The zero-order valence-electron chi connectivity index (χ0n) is 13.3. The molecule has 0 bridgehead atoms. The van der Waals surface area contributed by atoms with Gasteiger partial charge in [-0.15, -0.1) is 0 Å². The first-order valence-electron chi connectivity index (χ1n) is 7.48. The summed E-state index contributed by atoms with van der Waals surface area (Å²) in [6.45, 7) is 0.273. The maximum Gasteiger partial charge on any atom is 0.433 e.